The van der Waals surface area contributed by atoms with Crippen LogP contribution >= 0.6 is 0 Å². The topological polar surface area (TPSA) is 66.4 Å². The Kier molecular flexibility index (Phi) is 15.4. The average molecular weight is 542 g/mol. The van der Waals surface area contributed by atoms with Gasteiger partial charge in [-0.25, -0.2) is 0 Å². The zero-order valence-electron chi connectivity index (χ0n) is 24.7. The number of carbonyl (C=O) groups excluding carboxylic acids is 1. The van der Waals surface area contributed by atoms with Gasteiger partial charge in [-0.2, -0.15) is 0 Å². The van der Waals surface area contributed by atoms with Gasteiger partial charge in [0.05, 0.1) is 25.0 Å². The molecule has 0 aromatic rings. The summed E-state index contributed by atoms with van der Waals surface area (Å²) in [5.41, 5.74) is 1.12. The van der Waals surface area contributed by atoms with E-state index in [1.54, 1.807) is 7.11 Å². The molecule has 0 aromatic heterocycles. The Hall–Kier alpha value is -0.966. The zero-order chi connectivity index (χ0) is 27.2. The summed E-state index contributed by atoms with van der Waals surface area (Å²) >= 11 is 0. The summed E-state index contributed by atoms with van der Waals surface area (Å²) in [6.07, 6.45) is 16.3. The zero-order valence-corrected chi connectivity index (χ0v) is 26.7. The SMILES string of the molecule is CCCCCC(/C=C/C1C(O[Si](C)(C)C)C/C(=N\OC)C1CCCCCCC(=O)OC)O[Si](C)(C)C. The third-order valence-corrected chi connectivity index (χ3v) is 8.48. The lowest BCUT2D eigenvalue weighted by atomic mass is 9.88. The van der Waals surface area contributed by atoms with Gasteiger partial charge < -0.3 is 18.4 Å². The van der Waals surface area contributed by atoms with Gasteiger partial charge in [-0.3, -0.25) is 4.79 Å². The van der Waals surface area contributed by atoms with E-state index in [1.807, 2.05) is 0 Å². The van der Waals surface area contributed by atoms with Crippen LogP contribution in [-0.4, -0.2) is 54.7 Å². The standard InChI is InChI=1S/C28H55NO5Si2/c1-10-11-14-17-23(33-35(4,5)6)20-21-25-24(18-15-12-13-16-19-28(30)31-2)26(29-32-3)22-27(25)34-36(7,8)9/h20-21,23-25,27H,10-19,22H2,1-9H3/b21-20+,29-26+. The van der Waals surface area contributed by atoms with Crippen molar-refractivity contribution in [2.45, 2.75) is 129 Å². The van der Waals surface area contributed by atoms with Gasteiger partial charge in [-0.05, 0) is 58.5 Å². The Bertz CT molecular complexity index is 684. The van der Waals surface area contributed by atoms with Crippen molar-refractivity contribution in [1.82, 2.24) is 0 Å². The molecule has 6 nitrogen and oxygen atoms in total. The van der Waals surface area contributed by atoms with Crippen LogP contribution in [0.1, 0.15) is 77.6 Å². The molecule has 0 aliphatic heterocycles. The number of ether oxygens (including phenoxy) is 1. The van der Waals surface area contributed by atoms with Crippen LogP contribution < -0.4 is 0 Å². The first-order valence-electron chi connectivity index (χ1n) is 14.1. The van der Waals surface area contributed by atoms with Gasteiger partial charge in [0.2, 0.25) is 0 Å². The van der Waals surface area contributed by atoms with Gasteiger partial charge in [-0.1, -0.05) is 62.8 Å². The molecule has 0 amide bonds. The van der Waals surface area contributed by atoms with Crippen molar-refractivity contribution in [2.75, 3.05) is 14.2 Å². The van der Waals surface area contributed by atoms with Crippen LogP contribution in [0, 0.1) is 11.8 Å². The fraction of sp³-hybridized carbons (Fsp3) is 0.857. The molecular weight excluding hydrogens is 486 g/mol. The number of carbonyl (C=O) groups is 1. The molecule has 0 N–H and O–H groups in total. The van der Waals surface area contributed by atoms with Crippen molar-refractivity contribution in [1.29, 1.82) is 0 Å². The van der Waals surface area contributed by atoms with Gasteiger partial charge in [0.15, 0.2) is 16.6 Å². The van der Waals surface area contributed by atoms with Crippen molar-refractivity contribution in [3.63, 3.8) is 0 Å². The first-order chi connectivity index (χ1) is 16.9. The molecule has 210 valence electrons. The molecule has 0 radical (unpaired) electrons. The predicted octanol–water partition coefficient (Wildman–Crippen LogP) is 7.72. The van der Waals surface area contributed by atoms with E-state index in [0.717, 1.165) is 50.7 Å². The van der Waals surface area contributed by atoms with E-state index in [4.69, 9.17) is 18.4 Å². The van der Waals surface area contributed by atoms with Gasteiger partial charge in [0.25, 0.3) is 0 Å². The van der Waals surface area contributed by atoms with Crippen molar-refractivity contribution in [3.8, 4) is 0 Å². The molecule has 8 heteroatoms. The van der Waals surface area contributed by atoms with Crippen LogP contribution in [-0.2, 0) is 23.2 Å². The summed E-state index contributed by atoms with van der Waals surface area (Å²) in [4.78, 5) is 16.7. The molecule has 0 saturated heterocycles. The Morgan fingerprint density at radius 1 is 1.00 bits per heavy atom. The second-order valence-corrected chi connectivity index (χ2v) is 21.0. The Labute approximate surface area is 223 Å². The molecule has 1 rings (SSSR count). The lowest BCUT2D eigenvalue weighted by Crippen LogP contribution is -2.35. The van der Waals surface area contributed by atoms with Gasteiger partial charge in [-0.15, -0.1) is 0 Å². The number of unbranched alkanes of at least 4 members (excludes halogenated alkanes) is 5. The molecule has 1 aliphatic carbocycles. The highest BCUT2D eigenvalue weighted by atomic mass is 28.4. The van der Waals surface area contributed by atoms with Crippen molar-refractivity contribution in [2.24, 2.45) is 17.0 Å². The number of nitrogens with zero attached hydrogens (tertiary/aromatic N) is 1. The van der Waals surface area contributed by atoms with Crippen LogP contribution in [0.15, 0.2) is 17.3 Å². The van der Waals surface area contributed by atoms with E-state index in [-0.39, 0.29) is 24.1 Å². The third kappa shape index (κ3) is 14.1. The van der Waals surface area contributed by atoms with Gasteiger partial charge >= 0.3 is 5.97 Å². The number of rotatable bonds is 18. The molecule has 1 aliphatic rings. The molecule has 1 fully saturated rings. The Morgan fingerprint density at radius 2 is 1.69 bits per heavy atom. The minimum atomic E-state index is -1.73. The van der Waals surface area contributed by atoms with Gasteiger partial charge in [0, 0.05) is 24.7 Å². The molecule has 0 bridgehead atoms. The largest absolute Gasteiger partial charge is 0.469 e. The normalized spacial score (nSPS) is 22.9. The first-order valence-corrected chi connectivity index (χ1v) is 20.9. The van der Waals surface area contributed by atoms with Crippen LogP contribution in [0.25, 0.3) is 0 Å². The summed E-state index contributed by atoms with van der Waals surface area (Å²) in [6, 6.07) is 0. The summed E-state index contributed by atoms with van der Waals surface area (Å²) < 4.78 is 18.0. The second kappa shape index (κ2) is 16.8. The van der Waals surface area contributed by atoms with Crippen LogP contribution in [0.4, 0.5) is 0 Å². The quantitative estimate of drug-likeness (QED) is 0.0584. The first kappa shape index (κ1) is 33.1. The van der Waals surface area contributed by atoms with E-state index < -0.39 is 16.6 Å². The van der Waals surface area contributed by atoms with Crippen LogP contribution in [0.5, 0.6) is 0 Å². The molecule has 0 heterocycles. The number of oxime groups is 1. The molecule has 0 spiro atoms. The fourth-order valence-corrected chi connectivity index (χ4v) is 7.23. The molecule has 4 atom stereocenters. The van der Waals surface area contributed by atoms with Crippen molar-refractivity contribution < 1.29 is 23.2 Å². The summed E-state index contributed by atoms with van der Waals surface area (Å²) in [5, 5.41) is 4.46. The smallest absolute Gasteiger partial charge is 0.305 e. The molecule has 1 saturated carbocycles. The molecule has 4 unspecified atom stereocenters. The summed E-state index contributed by atoms with van der Waals surface area (Å²) in [7, 11) is -0.289. The van der Waals surface area contributed by atoms with E-state index in [9.17, 15) is 4.79 Å². The van der Waals surface area contributed by atoms with E-state index in [0.29, 0.717) is 12.3 Å². The summed E-state index contributed by atoms with van der Waals surface area (Å²) in [6.45, 7) is 15.8. The third-order valence-electron chi connectivity index (χ3n) is 6.46. The molecular formula is C28H55NO5Si2. The van der Waals surface area contributed by atoms with Crippen LogP contribution in [0.3, 0.4) is 0 Å². The summed E-state index contributed by atoms with van der Waals surface area (Å²) in [5.74, 6) is 0.469. The number of hydrogen-bond acceptors (Lipinski definition) is 6. The number of hydrogen-bond donors (Lipinski definition) is 0. The highest BCUT2D eigenvalue weighted by Crippen LogP contribution is 2.38. The van der Waals surface area contributed by atoms with Crippen molar-refractivity contribution in [3.05, 3.63) is 12.2 Å². The Morgan fingerprint density at radius 3 is 2.28 bits per heavy atom. The minimum absolute atomic E-state index is 0.120. The van der Waals surface area contributed by atoms with Crippen LogP contribution in [0.2, 0.25) is 39.3 Å². The maximum Gasteiger partial charge on any atom is 0.305 e. The Balaban J connectivity index is 3.01. The number of esters is 1. The fourth-order valence-electron chi connectivity index (χ4n) is 4.97. The predicted molar refractivity (Wildman–Crippen MR) is 155 cm³/mol. The van der Waals surface area contributed by atoms with Gasteiger partial charge in [0.1, 0.15) is 7.11 Å². The average Bonchev–Trinajstić information content (AvgIpc) is 3.07. The lowest BCUT2D eigenvalue weighted by Gasteiger charge is -2.29. The minimum Gasteiger partial charge on any atom is -0.469 e. The maximum absolute atomic E-state index is 11.4. The van der Waals surface area contributed by atoms with E-state index in [2.05, 4.69) is 63.5 Å². The highest BCUT2D eigenvalue weighted by Gasteiger charge is 2.42. The monoisotopic (exact) mass is 541 g/mol. The lowest BCUT2D eigenvalue weighted by molar-refractivity contribution is -0.140. The molecule has 36 heavy (non-hydrogen) atoms. The van der Waals surface area contributed by atoms with E-state index in [1.165, 1.54) is 26.4 Å². The van der Waals surface area contributed by atoms with Crippen molar-refractivity contribution >= 4 is 28.3 Å². The highest BCUT2D eigenvalue weighted by molar-refractivity contribution is 6.70. The second-order valence-electron chi connectivity index (χ2n) is 12.1. The van der Waals surface area contributed by atoms with E-state index >= 15 is 0 Å². The number of methoxy groups -OCH3 is 1. The maximum atomic E-state index is 11.4. The molecule has 0 aromatic carbocycles.